The molecule has 3 aromatic rings. The Labute approximate surface area is 195 Å². The van der Waals surface area contributed by atoms with E-state index in [1.165, 1.54) is 38.2 Å². The fraction of sp³-hybridized carbons (Fsp3) is 0.583. The van der Waals surface area contributed by atoms with Crippen molar-refractivity contribution < 1.29 is 0 Å². The Morgan fingerprint density at radius 2 is 1.69 bits per heavy atom. The number of likely N-dealkylation sites (tertiary alicyclic amines) is 1. The van der Waals surface area contributed by atoms with Crippen LogP contribution in [-0.2, 0) is 0 Å². The highest BCUT2D eigenvalue weighted by Gasteiger charge is 2.25. The fourth-order valence-corrected chi connectivity index (χ4v) is 5.89. The van der Waals surface area contributed by atoms with Crippen molar-refractivity contribution in [3.63, 3.8) is 0 Å². The van der Waals surface area contributed by atoms with Gasteiger partial charge in [-0.1, -0.05) is 23.5 Å². The zero-order valence-electron chi connectivity index (χ0n) is 19.8. The molecule has 1 aromatic carbocycles. The quantitative estimate of drug-likeness (QED) is 0.591. The molecule has 172 valence electrons. The zero-order valence-corrected chi connectivity index (χ0v) is 20.6. The second-order valence-electron chi connectivity index (χ2n) is 9.60. The van der Waals surface area contributed by atoms with Crippen LogP contribution in [0.25, 0.3) is 16.2 Å². The van der Waals surface area contributed by atoms with Crippen LogP contribution in [0.3, 0.4) is 0 Å². The Hall–Kier alpha value is -2.16. The number of nitrogens with zero attached hydrogens (tertiary/aromatic N) is 7. The van der Waals surface area contributed by atoms with Crippen LogP contribution in [0.5, 0.6) is 0 Å². The first kappa shape index (κ1) is 21.7. The van der Waals surface area contributed by atoms with E-state index in [0.717, 1.165) is 59.1 Å². The number of piperazine rings is 1. The minimum Gasteiger partial charge on any atom is -0.378 e. The van der Waals surface area contributed by atoms with Crippen LogP contribution in [0, 0.1) is 12.8 Å². The number of anilines is 2. The lowest BCUT2D eigenvalue weighted by Gasteiger charge is -2.38. The Bertz CT molecular complexity index is 1040. The molecule has 0 aliphatic carbocycles. The number of rotatable bonds is 5. The predicted octanol–water partition coefficient (Wildman–Crippen LogP) is 3.30. The lowest BCUT2D eigenvalue weighted by atomic mass is 9.96. The monoisotopic (exact) mass is 453 g/mol. The molecule has 0 amide bonds. The highest BCUT2D eigenvalue weighted by Crippen LogP contribution is 2.31. The third-order valence-corrected chi connectivity index (χ3v) is 8.04. The van der Waals surface area contributed by atoms with E-state index in [1.807, 2.05) is 4.52 Å². The number of aromatic nitrogens is 3. The molecule has 0 bridgehead atoms. The molecule has 4 heterocycles. The second-order valence-corrected chi connectivity index (χ2v) is 10.5. The average Bonchev–Trinajstić information content (AvgIpc) is 3.35. The number of hydrogen-bond acceptors (Lipinski definition) is 7. The average molecular weight is 454 g/mol. The maximum atomic E-state index is 4.94. The lowest BCUT2D eigenvalue weighted by molar-refractivity contribution is 0.155. The van der Waals surface area contributed by atoms with E-state index in [9.17, 15) is 0 Å². The number of fused-ring (bicyclic) bond motifs is 1. The standard InChI is InChI=1S/C24H35N7S/c1-18-22(20-5-7-21(8-6-20)27(2)3)25-23-31(18)26-24(32-23)30-15-13-29(14-16-30)17-19-9-11-28(4)12-10-19/h5-8,19H,9-17H2,1-4H3. The van der Waals surface area contributed by atoms with E-state index in [1.54, 1.807) is 11.3 Å². The van der Waals surface area contributed by atoms with Gasteiger partial charge in [0.15, 0.2) is 0 Å². The van der Waals surface area contributed by atoms with E-state index >= 15 is 0 Å². The molecule has 32 heavy (non-hydrogen) atoms. The molecular formula is C24H35N7S. The molecule has 0 radical (unpaired) electrons. The minimum atomic E-state index is 0.869. The summed E-state index contributed by atoms with van der Waals surface area (Å²) in [5.74, 6) is 0.869. The van der Waals surface area contributed by atoms with Crippen LogP contribution < -0.4 is 9.80 Å². The van der Waals surface area contributed by atoms with Crippen LogP contribution in [0.4, 0.5) is 10.8 Å². The smallest absolute Gasteiger partial charge is 0.214 e. The number of aryl methyl sites for hydroxylation is 1. The van der Waals surface area contributed by atoms with E-state index in [4.69, 9.17) is 10.1 Å². The SMILES string of the molecule is Cc1c(-c2ccc(N(C)C)cc2)nc2sc(N3CCN(CC4CCN(C)CC4)CC3)nn12. The van der Waals surface area contributed by atoms with Crippen molar-refractivity contribution in [3.05, 3.63) is 30.0 Å². The van der Waals surface area contributed by atoms with Crippen molar-refractivity contribution in [3.8, 4) is 11.3 Å². The maximum Gasteiger partial charge on any atom is 0.214 e. The summed E-state index contributed by atoms with van der Waals surface area (Å²) < 4.78 is 2.03. The molecule has 0 N–H and O–H groups in total. The summed E-state index contributed by atoms with van der Waals surface area (Å²) in [4.78, 5) is 15.6. The van der Waals surface area contributed by atoms with Crippen molar-refractivity contribution in [1.82, 2.24) is 24.4 Å². The largest absolute Gasteiger partial charge is 0.378 e. The number of piperidine rings is 1. The molecule has 0 unspecified atom stereocenters. The normalized spacial score (nSPS) is 19.2. The Morgan fingerprint density at radius 1 is 1.00 bits per heavy atom. The van der Waals surface area contributed by atoms with Crippen molar-refractivity contribution in [1.29, 1.82) is 0 Å². The van der Waals surface area contributed by atoms with Gasteiger partial charge in [-0.2, -0.15) is 0 Å². The molecule has 5 rings (SSSR count). The molecule has 2 aliphatic rings. The van der Waals surface area contributed by atoms with Crippen molar-refractivity contribution in [2.75, 3.05) is 76.8 Å². The highest BCUT2D eigenvalue weighted by molar-refractivity contribution is 7.20. The molecule has 2 aromatic heterocycles. The summed E-state index contributed by atoms with van der Waals surface area (Å²) in [7, 11) is 6.37. The number of hydrogen-bond donors (Lipinski definition) is 0. The van der Waals surface area contributed by atoms with Crippen molar-refractivity contribution >= 4 is 27.1 Å². The van der Waals surface area contributed by atoms with Crippen molar-refractivity contribution in [2.45, 2.75) is 19.8 Å². The molecule has 0 spiro atoms. The van der Waals surface area contributed by atoms with Gasteiger partial charge < -0.3 is 14.7 Å². The zero-order chi connectivity index (χ0) is 22.2. The summed E-state index contributed by atoms with van der Waals surface area (Å²) in [6.07, 6.45) is 2.69. The highest BCUT2D eigenvalue weighted by atomic mass is 32.1. The van der Waals surface area contributed by atoms with E-state index in [0.29, 0.717) is 0 Å². The summed E-state index contributed by atoms with van der Waals surface area (Å²) in [5.41, 5.74) is 4.49. The fourth-order valence-electron chi connectivity index (χ4n) is 4.89. The Kier molecular flexibility index (Phi) is 6.09. The number of benzene rings is 1. The van der Waals surface area contributed by atoms with E-state index in [-0.39, 0.29) is 0 Å². The first-order valence-corrected chi connectivity index (χ1v) is 12.6. The van der Waals surface area contributed by atoms with Crippen LogP contribution in [0.15, 0.2) is 24.3 Å². The molecule has 7 nitrogen and oxygen atoms in total. The van der Waals surface area contributed by atoms with Gasteiger partial charge in [0.1, 0.15) is 0 Å². The van der Waals surface area contributed by atoms with Crippen LogP contribution in [0.1, 0.15) is 18.5 Å². The summed E-state index contributed by atoms with van der Waals surface area (Å²) in [5, 5.41) is 6.04. The lowest BCUT2D eigenvalue weighted by Crippen LogP contribution is -2.48. The topological polar surface area (TPSA) is 43.2 Å². The van der Waals surface area contributed by atoms with Gasteiger partial charge in [0.05, 0.1) is 11.4 Å². The van der Waals surface area contributed by atoms with Crippen LogP contribution in [-0.4, -0.2) is 91.4 Å². The van der Waals surface area contributed by atoms with Gasteiger partial charge in [-0.3, -0.25) is 4.90 Å². The van der Waals surface area contributed by atoms with Gasteiger partial charge in [-0.05, 0) is 58.0 Å². The Balaban J connectivity index is 1.23. The summed E-state index contributed by atoms with van der Waals surface area (Å²) >= 11 is 1.71. The summed E-state index contributed by atoms with van der Waals surface area (Å²) in [6, 6.07) is 8.59. The molecule has 2 saturated heterocycles. The molecular weight excluding hydrogens is 418 g/mol. The van der Waals surface area contributed by atoms with Gasteiger partial charge >= 0.3 is 0 Å². The van der Waals surface area contributed by atoms with E-state index < -0.39 is 0 Å². The van der Waals surface area contributed by atoms with Crippen LogP contribution >= 0.6 is 11.3 Å². The summed E-state index contributed by atoms with van der Waals surface area (Å²) in [6.45, 7) is 10.3. The van der Waals surface area contributed by atoms with Gasteiger partial charge in [-0.15, -0.1) is 5.10 Å². The third-order valence-electron chi connectivity index (χ3n) is 7.07. The first-order chi connectivity index (χ1) is 15.5. The van der Waals surface area contributed by atoms with Crippen LogP contribution in [0.2, 0.25) is 0 Å². The molecule has 0 atom stereocenters. The molecule has 2 fully saturated rings. The van der Waals surface area contributed by atoms with Crippen molar-refractivity contribution in [2.24, 2.45) is 5.92 Å². The van der Waals surface area contributed by atoms with Gasteiger partial charge in [-0.25, -0.2) is 9.50 Å². The van der Waals surface area contributed by atoms with Gasteiger partial charge in [0.2, 0.25) is 10.1 Å². The second kappa shape index (κ2) is 9.00. The van der Waals surface area contributed by atoms with Gasteiger partial charge in [0, 0.05) is 58.1 Å². The van der Waals surface area contributed by atoms with E-state index in [2.05, 4.69) is 71.9 Å². The minimum absolute atomic E-state index is 0.869. The molecule has 2 aliphatic heterocycles. The predicted molar refractivity (Wildman–Crippen MR) is 134 cm³/mol. The Morgan fingerprint density at radius 3 is 2.31 bits per heavy atom. The number of imidazole rings is 1. The molecule has 8 heteroatoms. The third kappa shape index (κ3) is 4.36. The van der Waals surface area contributed by atoms with Gasteiger partial charge in [0.25, 0.3) is 0 Å². The molecule has 0 saturated carbocycles. The maximum absolute atomic E-state index is 4.94. The first-order valence-electron chi connectivity index (χ1n) is 11.8.